The van der Waals surface area contributed by atoms with Gasteiger partial charge in [0.2, 0.25) is 0 Å². The fraction of sp³-hybridized carbons (Fsp3) is 0.375. The van der Waals surface area contributed by atoms with Gasteiger partial charge in [-0.15, -0.1) is 0 Å². The molecule has 3 rings (SSSR count). The third-order valence-corrected chi connectivity index (χ3v) is 5.14. The molecule has 0 saturated carbocycles. The lowest BCUT2D eigenvalue weighted by Gasteiger charge is -2.39. The van der Waals surface area contributed by atoms with Crippen LogP contribution in [0.4, 0.5) is 11.4 Å². The molecule has 7 heteroatoms. The quantitative estimate of drug-likeness (QED) is 0.451. The maximum absolute atomic E-state index is 13.5. The lowest BCUT2D eigenvalue weighted by atomic mass is 9.79. The van der Waals surface area contributed by atoms with E-state index in [-0.39, 0.29) is 13.0 Å². The van der Waals surface area contributed by atoms with Crippen LogP contribution in [0.15, 0.2) is 48.5 Å². The van der Waals surface area contributed by atoms with Gasteiger partial charge < -0.3 is 15.4 Å². The van der Waals surface area contributed by atoms with Crippen LogP contribution in [0.3, 0.4) is 0 Å². The molecule has 31 heavy (non-hydrogen) atoms. The first-order valence-corrected chi connectivity index (χ1v) is 10.2. The third kappa shape index (κ3) is 4.61. The second-order valence-electron chi connectivity index (χ2n) is 9.03. The number of anilines is 2. The van der Waals surface area contributed by atoms with Crippen LogP contribution in [0.5, 0.6) is 0 Å². The maximum Gasteiger partial charge on any atom is 0.326 e. The topological polar surface area (TPSA) is 92.9 Å². The van der Waals surface area contributed by atoms with Crippen molar-refractivity contribution in [1.29, 1.82) is 0 Å². The number of para-hydroxylation sites is 1. The molecule has 1 aliphatic heterocycles. The largest absolute Gasteiger partial charge is 0.459 e. The normalized spacial score (nSPS) is 18.4. The first kappa shape index (κ1) is 22.5. The summed E-state index contributed by atoms with van der Waals surface area (Å²) in [7, 11) is 3.80. The van der Waals surface area contributed by atoms with Crippen LogP contribution >= 0.6 is 0 Å². The molecular weight excluding hydrogens is 394 g/mol. The number of Topliss-reactive ketones (excluding diaryl/α,β-unsaturated/α-hetero) is 1. The van der Waals surface area contributed by atoms with Gasteiger partial charge in [-0.05, 0) is 56.7 Å². The van der Waals surface area contributed by atoms with Crippen LogP contribution in [0, 0.1) is 0 Å². The highest BCUT2D eigenvalue weighted by atomic mass is 16.6. The van der Waals surface area contributed by atoms with Crippen molar-refractivity contribution >= 4 is 29.0 Å². The number of ether oxygens (including phenoxy) is 1. The molecule has 0 fully saturated rings. The van der Waals surface area contributed by atoms with Crippen molar-refractivity contribution in [2.24, 2.45) is 5.73 Å². The molecule has 0 radical (unpaired) electrons. The summed E-state index contributed by atoms with van der Waals surface area (Å²) in [5.74, 6) is -1.66. The fourth-order valence-corrected chi connectivity index (χ4v) is 3.66. The Balaban J connectivity index is 1.96. The van der Waals surface area contributed by atoms with Crippen LogP contribution in [-0.4, -0.2) is 49.4 Å². The Bertz CT molecular complexity index is 1010. The lowest BCUT2D eigenvalue weighted by Crippen LogP contribution is -2.65. The van der Waals surface area contributed by atoms with Crippen LogP contribution in [0.1, 0.15) is 36.7 Å². The van der Waals surface area contributed by atoms with E-state index in [1.54, 1.807) is 57.2 Å². The summed E-state index contributed by atoms with van der Waals surface area (Å²) in [5.41, 5.74) is 6.54. The number of hydrogen-bond donors (Lipinski definition) is 1. The minimum atomic E-state index is -1.81. The zero-order valence-corrected chi connectivity index (χ0v) is 18.6. The molecule has 0 aromatic heterocycles. The third-order valence-electron chi connectivity index (χ3n) is 5.14. The van der Waals surface area contributed by atoms with Gasteiger partial charge in [0.25, 0.3) is 5.91 Å². The Morgan fingerprint density at radius 3 is 2.29 bits per heavy atom. The summed E-state index contributed by atoms with van der Waals surface area (Å²) in [5, 5.41) is 0. The number of benzene rings is 2. The van der Waals surface area contributed by atoms with Crippen LogP contribution in [-0.2, 0) is 20.7 Å². The second kappa shape index (κ2) is 8.15. The van der Waals surface area contributed by atoms with Gasteiger partial charge >= 0.3 is 5.97 Å². The van der Waals surface area contributed by atoms with E-state index in [1.807, 2.05) is 31.1 Å². The molecule has 7 nitrogen and oxygen atoms in total. The first-order chi connectivity index (χ1) is 14.4. The van der Waals surface area contributed by atoms with Gasteiger partial charge in [-0.1, -0.05) is 18.2 Å². The average molecular weight is 424 g/mol. The van der Waals surface area contributed by atoms with Crippen molar-refractivity contribution in [2.45, 2.75) is 38.3 Å². The lowest BCUT2D eigenvalue weighted by molar-refractivity contribution is -0.153. The van der Waals surface area contributed by atoms with Crippen molar-refractivity contribution in [3.63, 3.8) is 0 Å². The van der Waals surface area contributed by atoms with E-state index in [0.29, 0.717) is 11.3 Å². The van der Waals surface area contributed by atoms with Crippen molar-refractivity contribution < 1.29 is 19.1 Å². The predicted octanol–water partition coefficient (Wildman–Crippen LogP) is 2.56. The molecule has 0 aliphatic carbocycles. The van der Waals surface area contributed by atoms with Crippen molar-refractivity contribution in [3.8, 4) is 0 Å². The molecule has 2 aromatic carbocycles. The Kier molecular flexibility index (Phi) is 5.91. The number of rotatable bonds is 5. The molecule has 1 aliphatic rings. The van der Waals surface area contributed by atoms with Gasteiger partial charge in [0, 0.05) is 37.5 Å². The number of nitrogens with zero attached hydrogens (tertiary/aromatic N) is 2. The van der Waals surface area contributed by atoms with Gasteiger partial charge in [-0.3, -0.25) is 19.3 Å². The summed E-state index contributed by atoms with van der Waals surface area (Å²) >= 11 is 0. The standard InChI is InChI=1S/C24H29N3O4/c1-23(2,3)31-20(28)15-27-19-9-7-6-8-17(19)14-24(25,22(27)30)21(29)16-10-12-18(13-11-16)26(4)5/h6-13H,14-15,25H2,1-5H3. The number of carbonyl (C=O) groups excluding carboxylic acids is 3. The van der Waals surface area contributed by atoms with E-state index < -0.39 is 28.8 Å². The molecule has 1 heterocycles. The Labute approximate surface area is 182 Å². The SMILES string of the molecule is CN(C)c1ccc(C(=O)C2(N)Cc3ccccc3N(CC(=O)OC(C)(C)C)C2=O)cc1. The van der Waals surface area contributed by atoms with E-state index in [1.165, 1.54) is 4.90 Å². The minimum absolute atomic E-state index is 0.0566. The highest BCUT2D eigenvalue weighted by Gasteiger charge is 2.49. The number of carbonyl (C=O) groups is 3. The van der Waals surface area contributed by atoms with E-state index in [2.05, 4.69) is 0 Å². The molecule has 1 atom stereocenters. The number of amides is 1. The number of ketones is 1. The van der Waals surface area contributed by atoms with Gasteiger partial charge in [-0.25, -0.2) is 0 Å². The average Bonchev–Trinajstić information content (AvgIpc) is 2.69. The van der Waals surface area contributed by atoms with Crippen LogP contribution < -0.4 is 15.5 Å². The van der Waals surface area contributed by atoms with Crippen molar-refractivity contribution in [3.05, 3.63) is 59.7 Å². The van der Waals surface area contributed by atoms with Gasteiger partial charge in [0.05, 0.1) is 0 Å². The monoisotopic (exact) mass is 423 g/mol. The number of hydrogen-bond acceptors (Lipinski definition) is 6. The molecule has 1 amide bonds. The Morgan fingerprint density at radius 2 is 1.71 bits per heavy atom. The molecule has 1 unspecified atom stereocenters. The van der Waals surface area contributed by atoms with E-state index >= 15 is 0 Å². The number of fused-ring (bicyclic) bond motifs is 1. The molecule has 2 aromatic rings. The summed E-state index contributed by atoms with van der Waals surface area (Å²) in [4.78, 5) is 42.5. The highest BCUT2D eigenvalue weighted by molar-refractivity contribution is 6.23. The zero-order valence-electron chi connectivity index (χ0n) is 18.6. The van der Waals surface area contributed by atoms with Crippen LogP contribution in [0.25, 0.3) is 0 Å². The predicted molar refractivity (Wildman–Crippen MR) is 120 cm³/mol. The van der Waals surface area contributed by atoms with Crippen LogP contribution in [0.2, 0.25) is 0 Å². The minimum Gasteiger partial charge on any atom is -0.459 e. The second-order valence-corrected chi connectivity index (χ2v) is 9.03. The van der Waals surface area contributed by atoms with Crippen molar-refractivity contribution in [2.75, 3.05) is 30.4 Å². The van der Waals surface area contributed by atoms with E-state index in [0.717, 1.165) is 11.3 Å². The maximum atomic E-state index is 13.5. The first-order valence-electron chi connectivity index (χ1n) is 10.2. The number of nitrogens with two attached hydrogens (primary N) is 1. The summed E-state index contributed by atoms with van der Waals surface area (Å²) in [6, 6.07) is 14.1. The number of esters is 1. The van der Waals surface area contributed by atoms with Gasteiger partial charge in [0.15, 0.2) is 11.3 Å². The zero-order chi connectivity index (χ0) is 23.0. The smallest absolute Gasteiger partial charge is 0.326 e. The van der Waals surface area contributed by atoms with E-state index in [4.69, 9.17) is 10.5 Å². The summed E-state index contributed by atoms with van der Waals surface area (Å²) in [6.07, 6.45) is 0.0566. The fourth-order valence-electron chi connectivity index (χ4n) is 3.66. The van der Waals surface area contributed by atoms with Gasteiger partial charge in [0.1, 0.15) is 12.1 Å². The highest BCUT2D eigenvalue weighted by Crippen LogP contribution is 2.33. The molecular formula is C24H29N3O4. The summed E-state index contributed by atoms with van der Waals surface area (Å²) < 4.78 is 5.39. The molecule has 164 valence electrons. The molecule has 0 bridgehead atoms. The van der Waals surface area contributed by atoms with Crippen molar-refractivity contribution in [1.82, 2.24) is 0 Å². The van der Waals surface area contributed by atoms with Gasteiger partial charge in [-0.2, -0.15) is 0 Å². The Morgan fingerprint density at radius 1 is 1.10 bits per heavy atom. The molecule has 0 spiro atoms. The molecule has 2 N–H and O–H groups in total. The van der Waals surface area contributed by atoms with E-state index in [9.17, 15) is 14.4 Å². The molecule has 0 saturated heterocycles. The Hall–Kier alpha value is -3.19. The summed E-state index contributed by atoms with van der Waals surface area (Å²) in [6.45, 7) is 4.94.